The van der Waals surface area contributed by atoms with Crippen molar-refractivity contribution in [1.29, 1.82) is 0 Å². The molecule has 0 aromatic heterocycles. The fourth-order valence-corrected chi connectivity index (χ4v) is 3.58. The van der Waals surface area contributed by atoms with Crippen LogP contribution in [0.4, 0.5) is 11.4 Å². The van der Waals surface area contributed by atoms with Crippen molar-refractivity contribution in [2.45, 2.75) is 4.90 Å². The molecule has 0 bridgehead atoms. The van der Waals surface area contributed by atoms with Crippen LogP contribution in [-0.4, -0.2) is 21.4 Å². The average molecular weight is 417 g/mol. The Hall–Kier alpha value is -3.03. The normalized spacial score (nSPS) is 10.9. The molecule has 0 aliphatic carbocycles. The number of anilines is 2. The standard InChI is InChI=1S/C20H17ClN2O4S/c1-27-18-10-12-19(13-11-18)28(25,26)23-17-6-2-14(3-7-17)20(24)22-16-8-4-15(21)5-9-16/h2-13,23H,1H3,(H,22,24). The highest BCUT2D eigenvalue weighted by atomic mass is 35.5. The monoisotopic (exact) mass is 416 g/mol. The van der Waals surface area contributed by atoms with Gasteiger partial charge < -0.3 is 10.1 Å². The van der Waals surface area contributed by atoms with E-state index in [-0.39, 0.29) is 10.8 Å². The van der Waals surface area contributed by atoms with Crippen LogP contribution < -0.4 is 14.8 Å². The third kappa shape index (κ3) is 4.82. The molecule has 0 heterocycles. The number of halogens is 1. The molecule has 0 aliphatic rings. The molecule has 0 spiro atoms. The Morgan fingerprint density at radius 3 is 2.00 bits per heavy atom. The summed E-state index contributed by atoms with van der Waals surface area (Å²) in [7, 11) is -2.24. The molecule has 0 saturated heterocycles. The zero-order chi connectivity index (χ0) is 20.1. The first kappa shape index (κ1) is 19.7. The molecule has 0 unspecified atom stereocenters. The van der Waals surface area contributed by atoms with E-state index in [0.29, 0.717) is 27.7 Å². The lowest BCUT2D eigenvalue weighted by atomic mass is 10.2. The van der Waals surface area contributed by atoms with Crippen LogP contribution in [0.1, 0.15) is 10.4 Å². The van der Waals surface area contributed by atoms with Crippen molar-refractivity contribution in [2.24, 2.45) is 0 Å². The third-order valence-corrected chi connectivity index (χ3v) is 5.52. The Kier molecular flexibility index (Phi) is 5.87. The molecule has 0 atom stereocenters. The molecule has 8 heteroatoms. The first-order chi connectivity index (χ1) is 13.4. The number of benzene rings is 3. The maximum atomic E-state index is 12.4. The molecule has 2 N–H and O–H groups in total. The molecule has 6 nitrogen and oxygen atoms in total. The number of sulfonamides is 1. The minimum Gasteiger partial charge on any atom is -0.497 e. The first-order valence-electron chi connectivity index (χ1n) is 8.21. The van der Waals surface area contributed by atoms with E-state index in [0.717, 1.165) is 0 Å². The summed E-state index contributed by atoms with van der Waals surface area (Å²) in [5.74, 6) is 0.252. The highest BCUT2D eigenvalue weighted by Crippen LogP contribution is 2.20. The van der Waals surface area contributed by atoms with E-state index >= 15 is 0 Å². The van der Waals surface area contributed by atoms with Gasteiger partial charge in [0.25, 0.3) is 15.9 Å². The second-order valence-corrected chi connectivity index (χ2v) is 7.94. The van der Waals surface area contributed by atoms with Gasteiger partial charge in [-0.15, -0.1) is 0 Å². The summed E-state index contributed by atoms with van der Waals surface area (Å²) in [5.41, 5.74) is 1.35. The second kappa shape index (κ2) is 8.33. The van der Waals surface area contributed by atoms with Gasteiger partial charge in [-0.3, -0.25) is 9.52 Å². The predicted octanol–water partition coefficient (Wildman–Crippen LogP) is 4.40. The highest BCUT2D eigenvalue weighted by molar-refractivity contribution is 7.92. The van der Waals surface area contributed by atoms with E-state index in [4.69, 9.17) is 16.3 Å². The molecule has 3 aromatic rings. The predicted molar refractivity (Wildman–Crippen MR) is 110 cm³/mol. The number of methoxy groups -OCH3 is 1. The van der Waals surface area contributed by atoms with Gasteiger partial charge >= 0.3 is 0 Å². The lowest BCUT2D eigenvalue weighted by Gasteiger charge is -2.10. The fourth-order valence-electron chi connectivity index (χ4n) is 2.40. The van der Waals surface area contributed by atoms with Crippen molar-refractivity contribution >= 4 is 38.9 Å². The number of amides is 1. The Balaban J connectivity index is 1.69. The summed E-state index contributed by atoms with van der Waals surface area (Å²) in [6, 6.07) is 18.9. The van der Waals surface area contributed by atoms with E-state index in [1.54, 1.807) is 36.4 Å². The van der Waals surface area contributed by atoms with Crippen LogP contribution >= 0.6 is 11.6 Å². The average Bonchev–Trinajstić information content (AvgIpc) is 2.70. The van der Waals surface area contributed by atoms with Gasteiger partial charge in [-0.2, -0.15) is 0 Å². The molecule has 0 radical (unpaired) electrons. The quantitative estimate of drug-likeness (QED) is 0.623. The Bertz CT molecular complexity index is 1060. The Morgan fingerprint density at radius 2 is 1.43 bits per heavy atom. The highest BCUT2D eigenvalue weighted by Gasteiger charge is 2.14. The van der Waals surface area contributed by atoms with Crippen LogP contribution in [0.2, 0.25) is 5.02 Å². The largest absolute Gasteiger partial charge is 0.497 e. The molecule has 0 aliphatic heterocycles. The maximum absolute atomic E-state index is 12.4. The minimum atomic E-state index is -3.74. The van der Waals surface area contributed by atoms with Gasteiger partial charge in [0, 0.05) is 22.0 Å². The number of ether oxygens (including phenoxy) is 1. The number of hydrogen-bond donors (Lipinski definition) is 2. The maximum Gasteiger partial charge on any atom is 0.261 e. The molecule has 3 rings (SSSR count). The number of rotatable bonds is 6. The van der Waals surface area contributed by atoms with Crippen molar-refractivity contribution < 1.29 is 17.9 Å². The molecule has 3 aromatic carbocycles. The SMILES string of the molecule is COc1ccc(S(=O)(=O)Nc2ccc(C(=O)Nc3ccc(Cl)cc3)cc2)cc1. The molecule has 1 amide bonds. The van der Waals surface area contributed by atoms with Crippen molar-refractivity contribution in [3.05, 3.63) is 83.4 Å². The third-order valence-electron chi connectivity index (χ3n) is 3.87. The molecular weight excluding hydrogens is 400 g/mol. The van der Waals surface area contributed by atoms with Crippen LogP contribution in [0.3, 0.4) is 0 Å². The fraction of sp³-hybridized carbons (Fsp3) is 0.0500. The minimum absolute atomic E-state index is 0.109. The van der Waals surface area contributed by atoms with Gasteiger partial charge in [0.05, 0.1) is 12.0 Å². The summed E-state index contributed by atoms with van der Waals surface area (Å²) >= 11 is 5.82. The van der Waals surface area contributed by atoms with Crippen LogP contribution in [0.5, 0.6) is 5.75 Å². The van der Waals surface area contributed by atoms with Crippen LogP contribution in [0.15, 0.2) is 77.7 Å². The van der Waals surface area contributed by atoms with Crippen molar-refractivity contribution in [2.75, 3.05) is 17.1 Å². The van der Waals surface area contributed by atoms with Gasteiger partial charge in [-0.05, 0) is 72.8 Å². The van der Waals surface area contributed by atoms with Crippen LogP contribution in [0, 0.1) is 0 Å². The zero-order valence-corrected chi connectivity index (χ0v) is 16.4. The van der Waals surface area contributed by atoms with Crippen LogP contribution in [0.25, 0.3) is 0 Å². The van der Waals surface area contributed by atoms with Gasteiger partial charge in [-0.1, -0.05) is 11.6 Å². The van der Waals surface area contributed by atoms with Crippen molar-refractivity contribution in [3.63, 3.8) is 0 Å². The number of nitrogens with one attached hydrogen (secondary N) is 2. The van der Waals surface area contributed by atoms with E-state index in [1.165, 1.54) is 43.5 Å². The number of hydrogen-bond acceptors (Lipinski definition) is 4. The smallest absolute Gasteiger partial charge is 0.261 e. The van der Waals surface area contributed by atoms with E-state index in [9.17, 15) is 13.2 Å². The van der Waals surface area contributed by atoms with Crippen LogP contribution in [-0.2, 0) is 10.0 Å². The molecule has 0 saturated carbocycles. The summed E-state index contributed by atoms with van der Waals surface area (Å²) in [6.07, 6.45) is 0. The molecule has 144 valence electrons. The molecule has 28 heavy (non-hydrogen) atoms. The van der Waals surface area contributed by atoms with Gasteiger partial charge in [0.2, 0.25) is 0 Å². The summed E-state index contributed by atoms with van der Waals surface area (Å²) in [4.78, 5) is 12.4. The molecule has 0 fully saturated rings. The van der Waals surface area contributed by atoms with E-state index in [2.05, 4.69) is 10.0 Å². The lowest BCUT2D eigenvalue weighted by Crippen LogP contribution is -2.14. The Labute approximate surface area is 168 Å². The lowest BCUT2D eigenvalue weighted by molar-refractivity contribution is 0.102. The number of carbonyl (C=O) groups excluding carboxylic acids is 1. The number of carbonyl (C=O) groups is 1. The van der Waals surface area contributed by atoms with Gasteiger partial charge in [0.1, 0.15) is 5.75 Å². The van der Waals surface area contributed by atoms with Gasteiger partial charge in [0.15, 0.2) is 0 Å². The van der Waals surface area contributed by atoms with E-state index in [1.807, 2.05) is 0 Å². The van der Waals surface area contributed by atoms with Crippen molar-refractivity contribution in [3.8, 4) is 5.75 Å². The summed E-state index contributed by atoms with van der Waals surface area (Å²) in [5, 5.41) is 3.32. The summed E-state index contributed by atoms with van der Waals surface area (Å²) in [6.45, 7) is 0. The second-order valence-electron chi connectivity index (χ2n) is 5.82. The summed E-state index contributed by atoms with van der Waals surface area (Å²) < 4.78 is 32.4. The first-order valence-corrected chi connectivity index (χ1v) is 10.1. The Morgan fingerprint density at radius 1 is 0.857 bits per heavy atom. The van der Waals surface area contributed by atoms with E-state index < -0.39 is 10.0 Å². The molecular formula is C20H17ClN2O4S. The van der Waals surface area contributed by atoms with Crippen molar-refractivity contribution in [1.82, 2.24) is 0 Å². The topological polar surface area (TPSA) is 84.5 Å². The zero-order valence-electron chi connectivity index (χ0n) is 14.8. The van der Waals surface area contributed by atoms with Gasteiger partial charge in [-0.25, -0.2) is 8.42 Å².